The van der Waals surface area contributed by atoms with Crippen LogP contribution >= 0.6 is 0 Å². The van der Waals surface area contributed by atoms with Crippen molar-refractivity contribution in [3.63, 3.8) is 0 Å². The maximum atomic E-state index is 11.7. The monoisotopic (exact) mass is 288 g/mol. The summed E-state index contributed by atoms with van der Waals surface area (Å²) in [6, 6.07) is 9.24. The van der Waals surface area contributed by atoms with Crippen LogP contribution in [-0.4, -0.2) is 29.3 Å². The Balaban J connectivity index is 1.91. The van der Waals surface area contributed by atoms with Gasteiger partial charge in [0.05, 0.1) is 6.54 Å². The first-order chi connectivity index (χ1) is 10.1. The largest absolute Gasteiger partial charge is 0.455 e. The van der Waals surface area contributed by atoms with Crippen molar-refractivity contribution < 1.29 is 14.3 Å². The first-order valence-electron chi connectivity index (χ1n) is 6.37. The lowest BCUT2D eigenvalue weighted by atomic mass is 10.2. The Morgan fingerprint density at radius 2 is 2.14 bits per heavy atom. The van der Waals surface area contributed by atoms with Crippen LogP contribution in [-0.2, 0) is 20.9 Å². The van der Waals surface area contributed by atoms with Crippen molar-refractivity contribution in [3.8, 4) is 0 Å². The van der Waals surface area contributed by atoms with Gasteiger partial charge in [-0.1, -0.05) is 36.9 Å². The Bertz CT molecular complexity index is 583. The molecule has 7 nitrogen and oxygen atoms in total. The van der Waals surface area contributed by atoms with Gasteiger partial charge in [0.1, 0.15) is 12.4 Å². The van der Waals surface area contributed by atoms with E-state index in [1.165, 1.54) is 5.01 Å². The third kappa shape index (κ3) is 4.07. The Kier molecular flexibility index (Phi) is 4.55. The fourth-order valence-electron chi connectivity index (χ4n) is 1.71. The first-order valence-corrected chi connectivity index (χ1v) is 6.37. The minimum atomic E-state index is -0.719. The Morgan fingerprint density at radius 3 is 2.81 bits per heavy atom. The van der Waals surface area contributed by atoms with Crippen LogP contribution in [0, 0.1) is 0 Å². The molecule has 1 saturated heterocycles. The number of benzene rings is 1. The second-order valence-corrected chi connectivity index (χ2v) is 4.41. The van der Waals surface area contributed by atoms with Crippen molar-refractivity contribution in [2.45, 2.75) is 13.0 Å². The fraction of sp³-hybridized carbons (Fsp3) is 0.214. The fourth-order valence-corrected chi connectivity index (χ4v) is 1.71. The molecule has 0 radical (unpaired) electrons. The number of nitrogens with one attached hydrogen (secondary N) is 1. The molecule has 1 heterocycles. The van der Waals surface area contributed by atoms with E-state index in [1.807, 2.05) is 30.3 Å². The summed E-state index contributed by atoms with van der Waals surface area (Å²) in [6.45, 7) is 4.07. The summed E-state index contributed by atoms with van der Waals surface area (Å²) < 4.78 is 5.05. The third-order valence-corrected chi connectivity index (χ3v) is 2.80. The summed E-state index contributed by atoms with van der Waals surface area (Å²) in [5, 5.41) is 7.77. The quantitative estimate of drug-likeness (QED) is 0.473. The average Bonchev–Trinajstić information content (AvgIpc) is 2.48. The van der Waals surface area contributed by atoms with Gasteiger partial charge in [0, 0.05) is 6.42 Å². The van der Waals surface area contributed by atoms with E-state index in [1.54, 1.807) is 0 Å². The maximum Gasteiger partial charge on any atom is 0.375 e. The number of hydrogen-bond acceptors (Lipinski definition) is 5. The number of amidine groups is 1. The first kappa shape index (κ1) is 14.6. The van der Waals surface area contributed by atoms with Gasteiger partial charge >= 0.3 is 5.97 Å². The average molecular weight is 288 g/mol. The van der Waals surface area contributed by atoms with Crippen molar-refractivity contribution in [1.29, 1.82) is 0 Å². The molecule has 1 aromatic carbocycles. The number of nitrogens with two attached hydrogens (primary N) is 1. The third-order valence-electron chi connectivity index (χ3n) is 2.80. The van der Waals surface area contributed by atoms with E-state index in [0.29, 0.717) is 6.54 Å². The van der Waals surface area contributed by atoms with Crippen LogP contribution in [0.15, 0.2) is 47.8 Å². The van der Waals surface area contributed by atoms with Crippen LogP contribution in [0.5, 0.6) is 0 Å². The molecule has 0 unspecified atom stereocenters. The Labute approximate surface area is 122 Å². The van der Waals surface area contributed by atoms with E-state index >= 15 is 0 Å². The van der Waals surface area contributed by atoms with E-state index < -0.39 is 5.97 Å². The topological polar surface area (TPSA) is 97.0 Å². The normalized spacial score (nSPS) is 15.6. The van der Waals surface area contributed by atoms with Gasteiger partial charge in [-0.15, -0.1) is 5.10 Å². The second kappa shape index (κ2) is 6.56. The predicted molar refractivity (Wildman–Crippen MR) is 76.5 cm³/mol. The van der Waals surface area contributed by atoms with E-state index in [0.717, 1.165) is 5.56 Å². The van der Waals surface area contributed by atoms with Crippen LogP contribution in [0.1, 0.15) is 12.0 Å². The SMILES string of the molecule is C=C1NC(=O)CCN1/N=C(\N)C(=O)OCc1ccccc1. The molecule has 1 aromatic rings. The molecule has 0 spiro atoms. The number of esters is 1. The van der Waals surface area contributed by atoms with Gasteiger partial charge in [-0.25, -0.2) is 9.80 Å². The van der Waals surface area contributed by atoms with Gasteiger partial charge in [-0.2, -0.15) is 0 Å². The highest BCUT2D eigenvalue weighted by molar-refractivity contribution is 6.34. The number of carbonyl (C=O) groups is 2. The minimum absolute atomic E-state index is 0.119. The molecule has 1 fully saturated rings. The van der Waals surface area contributed by atoms with Crippen LogP contribution in [0.4, 0.5) is 0 Å². The van der Waals surface area contributed by atoms with Gasteiger partial charge < -0.3 is 15.8 Å². The molecule has 0 atom stereocenters. The molecule has 0 aromatic heterocycles. The van der Waals surface area contributed by atoms with Crippen LogP contribution in [0.25, 0.3) is 0 Å². The summed E-state index contributed by atoms with van der Waals surface area (Å²) in [6.07, 6.45) is 0.259. The van der Waals surface area contributed by atoms with E-state index in [2.05, 4.69) is 17.0 Å². The zero-order chi connectivity index (χ0) is 15.2. The van der Waals surface area contributed by atoms with Gasteiger partial charge in [0.15, 0.2) is 0 Å². The summed E-state index contributed by atoms with van der Waals surface area (Å²) in [4.78, 5) is 22.9. The molecule has 3 N–H and O–H groups in total. The predicted octanol–water partition coefficient (Wildman–Crippen LogP) is 0.295. The molecule has 1 amide bonds. The number of hydrogen-bond donors (Lipinski definition) is 2. The number of hydrazone groups is 1. The van der Waals surface area contributed by atoms with Crippen molar-refractivity contribution >= 4 is 17.7 Å². The molecule has 7 heteroatoms. The van der Waals surface area contributed by atoms with E-state index in [4.69, 9.17) is 10.5 Å². The molecular formula is C14H16N4O3. The number of ether oxygens (including phenoxy) is 1. The number of amides is 1. The minimum Gasteiger partial charge on any atom is -0.455 e. The summed E-state index contributed by atoms with van der Waals surface area (Å²) in [7, 11) is 0. The Hall–Kier alpha value is -2.83. The Morgan fingerprint density at radius 1 is 1.43 bits per heavy atom. The molecule has 110 valence electrons. The smallest absolute Gasteiger partial charge is 0.375 e. The molecule has 21 heavy (non-hydrogen) atoms. The molecule has 0 bridgehead atoms. The zero-order valence-electron chi connectivity index (χ0n) is 11.4. The molecule has 1 aliphatic rings. The second-order valence-electron chi connectivity index (χ2n) is 4.41. The van der Waals surface area contributed by atoms with Gasteiger partial charge in [-0.05, 0) is 5.56 Å². The lowest BCUT2D eigenvalue weighted by Crippen LogP contribution is -2.41. The summed E-state index contributed by atoms with van der Waals surface area (Å²) >= 11 is 0. The molecule has 0 aliphatic carbocycles. The highest BCUT2D eigenvalue weighted by Gasteiger charge is 2.19. The number of rotatable bonds is 3. The number of nitrogens with zero attached hydrogens (tertiary/aromatic N) is 2. The van der Waals surface area contributed by atoms with Crippen LogP contribution in [0.3, 0.4) is 0 Å². The van der Waals surface area contributed by atoms with Gasteiger partial charge in [-0.3, -0.25) is 4.79 Å². The number of carbonyl (C=O) groups excluding carboxylic acids is 2. The van der Waals surface area contributed by atoms with Crippen molar-refractivity contribution in [1.82, 2.24) is 10.3 Å². The molecule has 1 aliphatic heterocycles. The zero-order valence-corrected chi connectivity index (χ0v) is 11.4. The van der Waals surface area contributed by atoms with Crippen molar-refractivity contribution in [3.05, 3.63) is 48.3 Å². The van der Waals surface area contributed by atoms with E-state index in [-0.39, 0.29) is 30.6 Å². The molecular weight excluding hydrogens is 272 g/mol. The van der Waals surface area contributed by atoms with Gasteiger partial charge in [0.25, 0.3) is 0 Å². The summed E-state index contributed by atoms with van der Waals surface area (Å²) in [5.41, 5.74) is 6.44. The molecule has 0 saturated carbocycles. The summed E-state index contributed by atoms with van der Waals surface area (Å²) in [5.74, 6) is -0.867. The maximum absolute atomic E-state index is 11.7. The van der Waals surface area contributed by atoms with Crippen molar-refractivity contribution in [2.75, 3.05) is 6.54 Å². The standard InChI is InChI=1S/C14H16N4O3/c1-10-16-12(19)7-8-18(10)17-13(15)14(20)21-9-11-5-3-2-4-6-11/h2-6H,1,7-9H2,(H2,15,17)(H,16,19). The van der Waals surface area contributed by atoms with Crippen LogP contribution < -0.4 is 11.1 Å². The van der Waals surface area contributed by atoms with Crippen LogP contribution in [0.2, 0.25) is 0 Å². The molecule has 2 rings (SSSR count). The van der Waals surface area contributed by atoms with E-state index in [9.17, 15) is 9.59 Å². The lowest BCUT2D eigenvalue weighted by Gasteiger charge is -2.26. The lowest BCUT2D eigenvalue weighted by molar-refractivity contribution is -0.137. The highest BCUT2D eigenvalue weighted by Crippen LogP contribution is 2.07. The van der Waals surface area contributed by atoms with Crippen molar-refractivity contribution in [2.24, 2.45) is 10.8 Å². The van der Waals surface area contributed by atoms with Gasteiger partial charge in [0.2, 0.25) is 11.7 Å². The highest BCUT2D eigenvalue weighted by atomic mass is 16.5.